The topological polar surface area (TPSA) is 73.9 Å². The van der Waals surface area contributed by atoms with Gasteiger partial charge in [0, 0.05) is 41.4 Å². The summed E-state index contributed by atoms with van der Waals surface area (Å²) in [7, 11) is 0. The van der Waals surface area contributed by atoms with E-state index >= 15 is 0 Å². The number of aromatic nitrogens is 3. The summed E-state index contributed by atoms with van der Waals surface area (Å²) in [6.07, 6.45) is 2.54. The number of nitrogens with zero attached hydrogens (tertiary/aromatic N) is 3. The zero-order valence-electron chi connectivity index (χ0n) is 13.0. The molecule has 0 atom stereocenters. The summed E-state index contributed by atoms with van der Waals surface area (Å²) in [4.78, 5) is 18.5. The largest absolute Gasteiger partial charge is 0.331 e. The highest BCUT2D eigenvalue weighted by Gasteiger charge is 2.25. The highest BCUT2D eigenvalue weighted by Crippen LogP contribution is 2.28. The van der Waals surface area contributed by atoms with Crippen LogP contribution in [0.1, 0.15) is 16.3 Å². The molecule has 1 aromatic carbocycles. The molecule has 0 spiro atoms. The Morgan fingerprint density at radius 1 is 1.33 bits per heavy atom. The Hall–Kier alpha value is -2.67. The van der Waals surface area contributed by atoms with Gasteiger partial charge in [0.05, 0.1) is 18.8 Å². The molecule has 3 heterocycles. The predicted octanol–water partition coefficient (Wildman–Crippen LogP) is 2.80. The third kappa shape index (κ3) is 2.90. The van der Waals surface area contributed by atoms with Gasteiger partial charge in [-0.05, 0) is 0 Å². The fraction of sp³-hybridized carbons (Fsp3) is 0.235. The van der Waals surface area contributed by atoms with Gasteiger partial charge in [-0.25, -0.2) is 9.78 Å². The van der Waals surface area contributed by atoms with Crippen LogP contribution in [-0.4, -0.2) is 32.7 Å². The lowest BCUT2D eigenvalue weighted by Gasteiger charge is -2.27. The molecule has 1 aliphatic rings. The van der Waals surface area contributed by atoms with Gasteiger partial charge in [-0.3, -0.25) is 5.10 Å². The molecule has 0 unspecified atom stereocenters. The second-order valence-corrected chi connectivity index (χ2v) is 6.63. The zero-order valence-corrected chi connectivity index (χ0v) is 13.8. The second kappa shape index (κ2) is 6.45. The number of hydrogen-bond acceptors (Lipinski definition) is 4. The van der Waals surface area contributed by atoms with Crippen LogP contribution in [0.5, 0.6) is 0 Å². The lowest BCUT2D eigenvalue weighted by molar-refractivity contribution is 0.192. The first-order valence-corrected chi connectivity index (χ1v) is 8.72. The number of nitrogens with one attached hydrogen (secondary N) is 2. The molecule has 0 fully saturated rings. The average Bonchev–Trinajstić information content (AvgIpc) is 3.29. The van der Waals surface area contributed by atoms with E-state index in [9.17, 15) is 4.79 Å². The van der Waals surface area contributed by atoms with E-state index in [1.165, 1.54) is 0 Å². The van der Waals surface area contributed by atoms with Gasteiger partial charge in [0.15, 0.2) is 0 Å². The minimum atomic E-state index is -0.0592. The first kappa shape index (κ1) is 14.9. The fourth-order valence-corrected chi connectivity index (χ4v) is 3.46. The zero-order chi connectivity index (χ0) is 16.4. The maximum atomic E-state index is 12.4. The van der Waals surface area contributed by atoms with Crippen molar-refractivity contribution >= 4 is 17.4 Å². The first-order chi connectivity index (χ1) is 11.8. The molecule has 6 nitrogen and oxygen atoms in total. The molecular weight excluding hydrogens is 322 g/mol. The maximum Gasteiger partial charge on any atom is 0.318 e. The minimum Gasteiger partial charge on any atom is -0.331 e. The first-order valence-electron chi connectivity index (χ1n) is 7.84. The van der Waals surface area contributed by atoms with Crippen LogP contribution in [0.25, 0.3) is 11.3 Å². The second-order valence-electron chi connectivity index (χ2n) is 5.65. The normalized spacial score (nSPS) is 13.6. The minimum absolute atomic E-state index is 0.0592. The number of rotatable bonds is 3. The van der Waals surface area contributed by atoms with E-state index in [0.717, 1.165) is 33.9 Å². The van der Waals surface area contributed by atoms with Gasteiger partial charge in [0.2, 0.25) is 0 Å². The summed E-state index contributed by atoms with van der Waals surface area (Å²) in [6.45, 7) is 1.73. The van der Waals surface area contributed by atoms with E-state index in [4.69, 9.17) is 0 Å². The molecule has 0 saturated heterocycles. The SMILES string of the molecule is O=C(NCc1nccs1)N1CCc2[nH]nc(-c3ccccc3)c2C1. The molecule has 0 radical (unpaired) electrons. The van der Waals surface area contributed by atoms with Crippen LogP contribution in [0.2, 0.25) is 0 Å². The monoisotopic (exact) mass is 339 g/mol. The Balaban J connectivity index is 1.49. The van der Waals surface area contributed by atoms with Gasteiger partial charge in [0.1, 0.15) is 5.01 Å². The van der Waals surface area contributed by atoms with Crippen LogP contribution in [0, 0.1) is 0 Å². The molecule has 1 aliphatic heterocycles. The lowest BCUT2D eigenvalue weighted by atomic mass is 10.0. The van der Waals surface area contributed by atoms with Crippen LogP contribution >= 0.6 is 11.3 Å². The molecule has 2 aromatic heterocycles. The quantitative estimate of drug-likeness (QED) is 0.770. The number of thiazole rings is 1. The van der Waals surface area contributed by atoms with Crippen LogP contribution in [0.3, 0.4) is 0 Å². The number of carbonyl (C=O) groups excluding carboxylic acids is 1. The van der Waals surface area contributed by atoms with Crippen molar-refractivity contribution < 1.29 is 4.79 Å². The Bertz CT molecular complexity index is 828. The molecule has 2 N–H and O–H groups in total. The van der Waals surface area contributed by atoms with E-state index in [1.807, 2.05) is 40.6 Å². The van der Waals surface area contributed by atoms with E-state index in [2.05, 4.69) is 20.5 Å². The van der Waals surface area contributed by atoms with Gasteiger partial charge in [-0.15, -0.1) is 11.3 Å². The molecule has 3 aromatic rings. The number of urea groups is 1. The van der Waals surface area contributed by atoms with Gasteiger partial charge in [0.25, 0.3) is 0 Å². The van der Waals surface area contributed by atoms with Crippen molar-refractivity contribution in [3.8, 4) is 11.3 Å². The highest BCUT2D eigenvalue weighted by molar-refractivity contribution is 7.09. The van der Waals surface area contributed by atoms with E-state index in [0.29, 0.717) is 19.6 Å². The van der Waals surface area contributed by atoms with Crippen LogP contribution in [0.15, 0.2) is 41.9 Å². The average molecular weight is 339 g/mol. The third-order valence-electron chi connectivity index (χ3n) is 4.14. The number of hydrogen-bond donors (Lipinski definition) is 2. The molecule has 24 heavy (non-hydrogen) atoms. The smallest absolute Gasteiger partial charge is 0.318 e. The highest BCUT2D eigenvalue weighted by atomic mass is 32.1. The number of fused-ring (bicyclic) bond motifs is 1. The molecule has 122 valence electrons. The van der Waals surface area contributed by atoms with Gasteiger partial charge < -0.3 is 10.2 Å². The van der Waals surface area contributed by atoms with Crippen molar-refractivity contribution in [1.82, 2.24) is 25.4 Å². The van der Waals surface area contributed by atoms with Crippen molar-refractivity contribution in [3.05, 3.63) is 58.2 Å². The number of carbonyl (C=O) groups is 1. The van der Waals surface area contributed by atoms with Crippen molar-refractivity contribution in [3.63, 3.8) is 0 Å². The molecule has 0 bridgehead atoms. The third-order valence-corrected chi connectivity index (χ3v) is 4.92. The predicted molar refractivity (Wildman–Crippen MR) is 92.5 cm³/mol. The van der Waals surface area contributed by atoms with Crippen LogP contribution in [-0.2, 0) is 19.5 Å². The fourth-order valence-electron chi connectivity index (χ4n) is 2.91. The van der Waals surface area contributed by atoms with E-state index in [-0.39, 0.29) is 6.03 Å². The van der Waals surface area contributed by atoms with Crippen LogP contribution in [0.4, 0.5) is 4.79 Å². The Kier molecular flexibility index (Phi) is 4.00. The van der Waals surface area contributed by atoms with Crippen molar-refractivity contribution in [2.75, 3.05) is 6.54 Å². The summed E-state index contributed by atoms with van der Waals surface area (Å²) >= 11 is 1.54. The summed E-state index contributed by atoms with van der Waals surface area (Å²) < 4.78 is 0. The van der Waals surface area contributed by atoms with Gasteiger partial charge >= 0.3 is 6.03 Å². The molecule has 0 aliphatic carbocycles. The summed E-state index contributed by atoms with van der Waals surface area (Å²) in [5.41, 5.74) is 4.23. The van der Waals surface area contributed by atoms with Gasteiger partial charge in [-0.1, -0.05) is 30.3 Å². The van der Waals surface area contributed by atoms with E-state index in [1.54, 1.807) is 17.5 Å². The molecule has 4 rings (SSSR count). The number of benzene rings is 1. The van der Waals surface area contributed by atoms with Crippen molar-refractivity contribution in [2.24, 2.45) is 0 Å². The lowest BCUT2D eigenvalue weighted by Crippen LogP contribution is -2.42. The number of H-pyrrole nitrogens is 1. The Labute approximate surface area is 143 Å². The van der Waals surface area contributed by atoms with Gasteiger partial charge in [-0.2, -0.15) is 5.10 Å². The molecular formula is C17H17N5OS. The summed E-state index contributed by atoms with van der Waals surface area (Å²) in [5.74, 6) is 0. The Morgan fingerprint density at radius 2 is 2.21 bits per heavy atom. The maximum absolute atomic E-state index is 12.4. The van der Waals surface area contributed by atoms with E-state index < -0.39 is 0 Å². The van der Waals surface area contributed by atoms with Crippen molar-refractivity contribution in [2.45, 2.75) is 19.5 Å². The standard InChI is InChI=1S/C17H17N5OS/c23-17(19-10-15-18-7-9-24-15)22-8-6-14-13(11-22)16(21-20-14)12-4-2-1-3-5-12/h1-5,7,9H,6,8,10-11H2,(H,19,23)(H,20,21). The summed E-state index contributed by atoms with van der Waals surface area (Å²) in [5, 5.41) is 13.3. The summed E-state index contributed by atoms with van der Waals surface area (Å²) in [6, 6.07) is 10.0. The number of aromatic amines is 1. The van der Waals surface area contributed by atoms with Crippen molar-refractivity contribution in [1.29, 1.82) is 0 Å². The number of amides is 2. The molecule has 2 amide bonds. The molecule has 7 heteroatoms. The van der Waals surface area contributed by atoms with Crippen LogP contribution < -0.4 is 5.32 Å². The Morgan fingerprint density at radius 3 is 3.00 bits per heavy atom. The molecule has 0 saturated carbocycles.